The van der Waals surface area contributed by atoms with E-state index in [0.717, 1.165) is 0 Å². The molecule has 20 heavy (non-hydrogen) atoms. The van der Waals surface area contributed by atoms with Crippen molar-refractivity contribution in [3.8, 4) is 0 Å². The normalized spacial score (nSPS) is 20.6. The second-order valence-corrected chi connectivity index (χ2v) is 6.55. The Bertz CT molecular complexity index is 417. The molecule has 0 bridgehead atoms. The minimum atomic E-state index is 0.249. The van der Waals surface area contributed by atoms with Crippen molar-refractivity contribution < 1.29 is 0 Å². The van der Waals surface area contributed by atoms with E-state index in [-0.39, 0.29) is 5.54 Å². The highest BCUT2D eigenvalue weighted by Crippen LogP contribution is 2.41. The Morgan fingerprint density at radius 2 is 1.75 bits per heavy atom. The molecule has 2 nitrogen and oxygen atoms in total. The number of hydrogen-bond acceptors (Lipinski definition) is 2. The van der Waals surface area contributed by atoms with Crippen LogP contribution in [0.15, 0.2) is 24.3 Å². The van der Waals surface area contributed by atoms with Crippen molar-refractivity contribution in [2.45, 2.75) is 57.0 Å². The standard InChI is InChI=1S/C18H30N2/c1-15-10-9-11-16(14-15)17(19-2)18(20(3)4)12-7-5-6-8-13-18/h9-11,14,17,19H,5-8,12-13H2,1-4H3. The van der Waals surface area contributed by atoms with Gasteiger partial charge in [-0.25, -0.2) is 0 Å². The average Bonchev–Trinajstić information content (AvgIpc) is 2.67. The first-order valence-corrected chi connectivity index (χ1v) is 8.01. The summed E-state index contributed by atoms with van der Waals surface area (Å²) >= 11 is 0. The number of nitrogens with one attached hydrogen (secondary N) is 1. The summed E-state index contributed by atoms with van der Waals surface area (Å²) in [4.78, 5) is 2.47. The fraction of sp³-hybridized carbons (Fsp3) is 0.667. The summed E-state index contributed by atoms with van der Waals surface area (Å²) in [6, 6.07) is 9.41. The SMILES string of the molecule is CNC(c1cccc(C)c1)C1(N(C)C)CCCCCC1. The van der Waals surface area contributed by atoms with Crippen molar-refractivity contribution >= 4 is 0 Å². The fourth-order valence-corrected chi connectivity index (χ4v) is 3.93. The minimum Gasteiger partial charge on any atom is -0.311 e. The molecule has 0 heterocycles. The van der Waals surface area contributed by atoms with Gasteiger partial charge in [-0.2, -0.15) is 0 Å². The highest BCUT2D eigenvalue weighted by Gasteiger charge is 2.40. The monoisotopic (exact) mass is 274 g/mol. The summed E-state index contributed by atoms with van der Waals surface area (Å²) in [5.41, 5.74) is 3.03. The molecule has 0 aliphatic heterocycles. The Labute approximate surface area is 124 Å². The molecular weight excluding hydrogens is 244 g/mol. The predicted molar refractivity (Wildman–Crippen MR) is 87.1 cm³/mol. The van der Waals surface area contributed by atoms with E-state index in [1.54, 1.807) is 0 Å². The van der Waals surface area contributed by atoms with E-state index in [2.05, 4.69) is 62.5 Å². The zero-order valence-corrected chi connectivity index (χ0v) is 13.6. The van der Waals surface area contributed by atoms with Crippen molar-refractivity contribution in [2.75, 3.05) is 21.1 Å². The number of aryl methyl sites for hydroxylation is 1. The molecule has 1 aromatic carbocycles. The lowest BCUT2D eigenvalue weighted by molar-refractivity contribution is 0.0834. The zero-order valence-electron chi connectivity index (χ0n) is 13.6. The van der Waals surface area contributed by atoms with E-state index in [1.807, 2.05) is 0 Å². The molecule has 1 atom stereocenters. The summed E-state index contributed by atoms with van der Waals surface area (Å²) in [7, 11) is 6.63. The lowest BCUT2D eigenvalue weighted by atomic mass is 9.78. The van der Waals surface area contributed by atoms with Gasteiger partial charge in [-0.3, -0.25) is 0 Å². The summed E-state index contributed by atoms with van der Waals surface area (Å²) in [5, 5.41) is 3.62. The average molecular weight is 274 g/mol. The number of hydrogen-bond donors (Lipinski definition) is 1. The molecular formula is C18H30N2. The maximum atomic E-state index is 3.62. The molecule has 1 aliphatic rings. The first kappa shape index (κ1) is 15.5. The van der Waals surface area contributed by atoms with E-state index < -0.39 is 0 Å². The second kappa shape index (κ2) is 6.73. The zero-order chi connectivity index (χ0) is 14.6. The van der Waals surface area contributed by atoms with Crippen LogP contribution in [0.5, 0.6) is 0 Å². The van der Waals surface area contributed by atoms with Gasteiger partial charge in [-0.05, 0) is 46.5 Å². The van der Waals surface area contributed by atoms with Gasteiger partial charge in [0.2, 0.25) is 0 Å². The molecule has 1 aliphatic carbocycles. The van der Waals surface area contributed by atoms with Gasteiger partial charge in [0, 0.05) is 5.54 Å². The minimum absolute atomic E-state index is 0.249. The molecule has 1 N–H and O–H groups in total. The Balaban J connectivity index is 2.38. The highest BCUT2D eigenvalue weighted by atomic mass is 15.2. The molecule has 0 amide bonds. The van der Waals surface area contributed by atoms with Gasteiger partial charge in [0.25, 0.3) is 0 Å². The van der Waals surface area contributed by atoms with Crippen LogP contribution in [-0.4, -0.2) is 31.6 Å². The number of benzene rings is 1. The quantitative estimate of drug-likeness (QED) is 0.837. The van der Waals surface area contributed by atoms with Crippen LogP contribution in [0.25, 0.3) is 0 Å². The number of likely N-dealkylation sites (N-methyl/N-ethyl adjacent to an activating group) is 2. The Hall–Kier alpha value is -0.860. The molecule has 112 valence electrons. The van der Waals surface area contributed by atoms with E-state index in [0.29, 0.717) is 6.04 Å². The van der Waals surface area contributed by atoms with Crippen molar-refractivity contribution in [1.29, 1.82) is 0 Å². The van der Waals surface area contributed by atoms with Crippen LogP contribution in [0, 0.1) is 6.92 Å². The molecule has 1 aromatic rings. The largest absolute Gasteiger partial charge is 0.311 e. The maximum Gasteiger partial charge on any atom is 0.0504 e. The smallest absolute Gasteiger partial charge is 0.0504 e. The lowest BCUT2D eigenvalue weighted by Crippen LogP contribution is -2.52. The topological polar surface area (TPSA) is 15.3 Å². The summed E-state index contributed by atoms with van der Waals surface area (Å²) in [6.45, 7) is 2.19. The Morgan fingerprint density at radius 1 is 1.10 bits per heavy atom. The summed E-state index contributed by atoms with van der Waals surface area (Å²) in [5.74, 6) is 0. The predicted octanol–water partition coefficient (Wildman–Crippen LogP) is 3.91. The van der Waals surface area contributed by atoms with Crippen LogP contribution in [0.1, 0.15) is 55.7 Å². The van der Waals surface area contributed by atoms with E-state index in [9.17, 15) is 0 Å². The van der Waals surface area contributed by atoms with Gasteiger partial charge in [-0.1, -0.05) is 55.5 Å². The Morgan fingerprint density at radius 3 is 2.25 bits per heavy atom. The van der Waals surface area contributed by atoms with Crippen molar-refractivity contribution in [3.05, 3.63) is 35.4 Å². The number of rotatable bonds is 4. The Kier molecular flexibility index (Phi) is 5.22. The third-order valence-corrected chi connectivity index (χ3v) is 5.06. The number of nitrogens with zero attached hydrogens (tertiary/aromatic N) is 1. The summed E-state index contributed by atoms with van der Waals surface area (Å²) in [6.07, 6.45) is 8.06. The van der Waals surface area contributed by atoms with Crippen LogP contribution in [-0.2, 0) is 0 Å². The maximum absolute atomic E-state index is 3.62. The fourth-order valence-electron chi connectivity index (χ4n) is 3.93. The molecule has 1 fully saturated rings. The van der Waals surface area contributed by atoms with Crippen molar-refractivity contribution in [2.24, 2.45) is 0 Å². The van der Waals surface area contributed by atoms with Gasteiger partial charge in [0.1, 0.15) is 0 Å². The second-order valence-electron chi connectivity index (χ2n) is 6.55. The lowest BCUT2D eigenvalue weighted by Gasteiger charge is -2.46. The third kappa shape index (κ3) is 3.07. The van der Waals surface area contributed by atoms with E-state index in [1.165, 1.54) is 49.7 Å². The molecule has 0 aromatic heterocycles. The summed E-state index contributed by atoms with van der Waals surface area (Å²) < 4.78 is 0. The van der Waals surface area contributed by atoms with Crippen LogP contribution < -0.4 is 5.32 Å². The molecule has 2 heteroatoms. The van der Waals surface area contributed by atoms with Crippen molar-refractivity contribution in [1.82, 2.24) is 10.2 Å². The first-order valence-electron chi connectivity index (χ1n) is 8.01. The molecule has 0 radical (unpaired) electrons. The molecule has 2 rings (SSSR count). The molecule has 1 saturated carbocycles. The van der Waals surface area contributed by atoms with Gasteiger partial charge in [0.15, 0.2) is 0 Å². The van der Waals surface area contributed by atoms with Gasteiger partial charge in [0.05, 0.1) is 6.04 Å². The van der Waals surface area contributed by atoms with Crippen LogP contribution in [0.3, 0.4) is 0 Å². The molecule has 0 saturated heterocycles. The third-order valence-electron chi connectivity index (χ3n) is 5.06. The van der Waals surface area contributed by atoms with Crippen LogP contribution in [0.2, 0.25) is 0 Å². The van der Waals surface area contributed by atoms with E-state index in [4.69, 9.17) is 0 Å². The van der Waals surface area contributed by atoms with Crippen LogP contribution >= 0.6 is 0 Å². The molecule has 0 spiro atoms. The first-order chi connectivity index (χ1) is 9.60. The van der Waals surface area contributed by atoms with Crippen molar-refractivity contribution in [3.63, 3.8) is 0 Å². The van der Waals surface area contributed by atoms with Gasteiger partial charge >= 0.3 is 0 Å². The van der Waals surface area contributed by atoms with Gasteiger partial charge < -0.3 is 10.2 Å². The van der Waals surface area contributed by atoms with E-state index >= 15 is 0 Å². The highest BCUT2D eigenvalue weighted by molar-refractivity contribution is 5.28. The van der Waals surface area contributed by atoms with Gasteiger partial charge in [-0.15, -0.1) is 0 Å². The molecule has 1 unspecified atom stereocenters. The van der Waals surface area contributed by atoms with Crippen LogP contribution in [0.4, 0.5) is 0 Å².